The predicted octanol–water partition coefficient (Wildman–Crippen LogP) is 5.85. The van der Waals surface area contributed by atoms with Gasteiger partial charge in [0, 0.05) is 0 Å². The van der Waals surface area contributed by atoms with E-state index in [-0.39, 0.29) is 0 Å². The molecule has 21 heavy (non-hydrogen) atoms. The first-order valence-electron chi connectivity index (χ1n) is 6.98. The van der Waals surface area contributed by atoms with Crippen LogP contribution in [0.15, 0.2) is 62.7 Å². The third-order valence-corrected chi connectivity index (χ3v) is 3.64. The van der Waals surface area contributed by atoms with Gasteiger partial charge in [-0.05, 0) is 39.8 Å². The Morgan fingerprint density at radius 2 is 1.33 bits per heavy atom. The molecule has 0 radical (unpaired) electrons. The topological polar surface area (TPSA) is 0 Å². The minimum absolute atomic E-state index is 0.862. The third kappa shape index (κ3) is 2.95. The van der Waals surface area contributed by atoms with Crippen molar-refractivity contribution in [1.82, 2.24) is 0 Å². The fraction of sp³-hybridized carbons (Fsp3) is 0.0476. The van der Waals surface area contributed by atoms with Crippen molar-refractivity contribution in [2.75, 3.05) is 0 Å². The molecule has 0 amide bonds. The fourth-order valence-electron chi connectivity index (χ4n) is 2.64. The zero-order valence-corrected chi connectivity index (χ0v) is 12.3. The molecule has 0 heterocycles. The van der Waals surface area contributed by atoms with Crippen LogP contribution in [0, 0.1) is 0 Å². The molecule has 2 aromatic rings. The highest BCUT2D eigenvalue weighted by molar-refractivity contribution is 5.80. The highest BCUT2D eigenvalue weighted by Crippen LogP contribution is 2.29. The summed E-state index contributed by atoms with van der Waals surface area (Å²) in [5.74, 6) is 0. The van der Waals surface area contributed by atoms with Gasteiger partial charge >= 0.3 is 0 Å². The molecule has 0 atom stereocenters. The molecule has 0 N–H and O–H groups in total. The Bertz CT molecular complexity index is 688. The Morgan fingerprint density at radius 3 is 1.86 bits per heavy atom. The first kappa shape index (κ1) is 14.8. The minimum Gasteiger partial charge on any atom is -0.0984 e. The van der Waals surface area contributed by atoms with Crippen molar-refractivity contribution < 1.29 is 0 Å². The summed E-state index contributed by atoms with van der Waals surface area (Å²) in [5.41, 5.74) is 6.84. The van der Waals surface area contributed by atoms with Crippen molar-refractivity contribution in [1.29, 1.82) is 0 Å². The fourth-order valence-corrected chi connectivity index (χ4v) is 2.64. The number of benzene rings is 2. The second-order valence-electron chi connectivity index (χ2n) is 4.84. The van der Waals surface area contributed by atoms with E-state index >= 15 is 0 Å². The van der Waals surface area contributed by atoms with Gasteiger partial charge in [0.25, 0.3) is 0 Å². The lowest BCUT2D eigenvalue weighted by molar-refractivity contribution is 1.18. The highest BCUT2D eigenvalue weighted by atomic mass is 14.2. The molecule has 0 spiro atoms. The van der Waals surface area contributed by atoms with E-state index in [0.29, 0.717) is 0 Å². The molecular formula is C21H20. The van der Waals surface area contributed by atoms with E-state index in [2.05, 4.69) is 56.6 Å². The van der Waals surface area contributed by atoms with Crippen LogP contribution >= 0.6 is 0 Å². The van der Waals surface area contributed by atoms with E-state index in [1.165, 1.54) is 11.1 Å². The average molecular weight is 272 g/mol. The van der Waals surface area contributed by atoms with Crippen LogP contribution < -0.4 is 0 Å². The van der Waals surface area contributed by atoms with Gasteiger partial charge in [0.15, 0.2) is 0 Å². The van der Waals surface area contributed by atoms with Crippen LogP contribution in [0.5, 0.6) is 0 Å². The number of rotatable bonds is 6. The van der Waals surface area contributed by atoms with Gasteiger partial charge in [-0.15, -0.1) is 0 Å². The van der Waals surface area contributed by atoms with Crippen molar-refractivity contribution in [3.8, 4) is 0 Å². The summed E-state index contributed by atoms with van der Waals surface area (Å²) in [5, 5.41) is 0. The summed E-state index contributed by atoms with van der Waals surface area (Å²) in [6.45, 7) is 15.7. The van der Waals surface area contributed by atoms with Crippen LogP contribution in [0.2, 0.25) is 0 Å². The lowest BCUT2D eigenvalue weighted by Crippen LogP contribution is -1.99. The largest absolute Gasteiger partial charge is 0.0984 e. The van der Waals surface area contributed by atoms with Gasteiger partial charge in [0.05, 0.1) is 0 Å². The molecule has 0 saturated carbocycles. The maximum absolute atomic E-state index is 3.96. The monoisotopic (exact) mass is 272 g/mol. The zero-order chi connectivity index (χ0) is 15.2. The molecule has 0 unspecified atom stereocenters. The molecular weight excluding hydrogens is 252 g/mol. The first-order valence-corrected chi connectivity index (χ1v) is 6.98. The van der Waals surface area contributed by atoms with Gasteiger partial charge in [-0.1, -0.05) is 87.0 Å². The standard InChI is InChI=1S/C21H20/c1-5-17-15-18(14-16-12-10-9-11-13-16)20(7-3)21(8-4)19(17)6-2/h5-13,15H,1-4,14H2. The third-order valence-electron chi connectivity index (χ3n) is 3.64. The second kappa shape index (κ2) is 6.71. The maximum Gasteiger partial charge on any atom is -0.00194 e. The summed E-state index contributed by atoms with van der Waals surface area (Å²) in [7, 11) is 0. The summed E-state index contributed by atoms with van der Waals surface area (Å²) < 4.78 is 0. The Balaban J connectivity index is 2.65. The van der Waals surface area contributed by atoms with E-state index in [9.17, 15) is 0 Å². The number of hydrogen-bond acceptors (Lipinski definition) is 0. The van der Waals surface area contributed by atoms with Crippen LogP contribution in [-0.4, -0.2) is 0 Å². The summed E-state index contributed by atoms with van der Waals surface area (Å²) in [6, 6.07) is 12.6. The molecule has 0 aliphatic carbocycles. The Hall–Kier alpha value is -2.60. The molecule has 0 heteroatoms. The van der Waals surface area contributed by atoms with E-state index in [1.807, 2.05) is 30.4 Å². The normalized spacial score (nSPS) is 9.90. The van der Waals surface area contributed by atoms with Gasteiger partial charge in [-0.25, -0.2) is 0 Å². The molecule has 0 aromatic heterocycles. The SMILES string of the molecule is C=Cc1cc(Cc2ccccc2)c(C=C)c(C=C)c1C=C. The Labute approximate surface area is 127 Å². The van der Waals surface area contributed by atoms with Crippen molar-refractivity contribution >= 4 is 24.3 Å². The van der Waals surface area contributed by atoms with Crippen LogP contribution in [-0.2, 0) is 6.42 Å². The molecule has 104 valence electrons. The van der Waals surface area contributed by atoms with Crippen molar-refractivity contribution in [2.24, 2.45) is 0 Å². The van der Waals surface area contributed by atoms with Gasteiger partial charge in [-0.2, -0.15) is 0 Å². The van der Waals surface area contributed by atoms with Gasteiger partial charge in [0.1, 0.15) is 0 Å². The Morgan fingerprint density at radius 1 is 0.714 bits per heavy atom. The van der Waals surface area contributed by atoms with Crippen molar-refractivity contribution in [3.05, 3.63) is 96.1 Å². The quantitative estimate of drug-likeness (QED) is 0.618. The van der Waals surface area contributed by atoms with E-state index in [0.717, 1.165) is 28.7 Å². The predicted molar refractivity (Wildman–Crippen MR) is 96.1 cm³/mol. The van der Waals surface area contributed by atoms with E-state index < -0.39 is 0 Å². The first-order chi connectivity index (χ1) is 10.2. The van der Waals surface area contributed by atoms with Crippen LogP contribution in [0.4, 0.5) is 0 Å². The molecule has 0 saturated heterocycles. The lowest BCUT2D eigenvalue weighted by Gasteiger charge is -2.16. The molecule has 0 aliphatic heterocycles. The van der Waals surface area contributed by atoms with Crippen LogP contribution in [0.25, 0.3) is 24.3 Å². The van der Waals surface area contributed by atoms with Gasteiger partial charge < -0.3 is 0 Å². The zero-order valence-electron chi connectivity index (χ0n) is 12.3. The molecule has 0 nitrogen and oxygen atoms in total. The second-order valence-corrected chi connectivity index (χ2v) is 4.84. The maximum atomic E-state index is 3.96. The molecule has 0 bridgehead atoms. The molecule has 0 aliphatic rings. The van der Waals surface area contributed by atoms with Crippen LogP contribution in [0.3, 0.4) is 0 Å². The highest BCUT2D eigenvalue weighted by Gasteiger charge is 2.11. The van der Waals surface area contributed by atoms with E-state index in [1.54, 1.807) is 0 Å². The van der Waals surface area contributed by atoms with Crippen molar-refractivity contribution in [3.63, 3.8) is 0 Å². The van der Waals surface area contributed by atoms with Crippen LogP contribution in [0.1, 0.15) is 33.4 Å². The lowest BCUT2D eigenvalue weighted by atomic mass is 9.88. The summed E-state index contributed by atoms with van der Waals surface area (Å²) in [4.78, 5) is 0. The van der Waals surface area contributed by atoms with Gasteiger partial charge in [-0.3, -0.25) is 0 Å². The summed E-state index contributed by atoms with van der Waals surface area (Å²) >= 11 is 0. The number of hydrogen-bond donors (Lipinski definition) is 0. The molecule has 2 aromatic carbocycles. The Kier molecular flexibility index (Phi) is 4.73. The average Bonchev–Trinajstić information content (AvgIpc) is 2.54. The van der Waals surface area contributed by atoms with Crippen molar-refractivity contribution in [2.45, 2.75) is 6.42 Å². The van der Waals surface area contributed by atoms with Gasteiger partial charge in [0.2, 0.25) is 0 Å². The molecule has 0 fully saturated rings. The van der Waals surface area contributed by atoms with E-state index in [4.69, 9.17) is 0 Å². The minimum atomic E-state index is 0.862. The smallest absolute Gasteiger partial charge is 0.00194 e. The summed E-state index contributed by atoms with van der Waals surface area (Å²) in [6.07, 6.45) is 8.35. The molecule has 2 rings (SSSR count).